The molecular weight excluding hydrogens is 248 g/mol. The third kappa shape index (κ3) is 3.30. The van der Waals surface area contributed by atoms with Crippen LogP contribution in [0.15, 0.2) is 24.0 Å². The Morgan fingerprint density at radius 1 is 1.44 bits per heavy atom. The first kappa shape index (κ1) is 13.0. The van der Waals surface area contributed by atoms with Crippen molar-refractivity contribution in [3.63, 3.8) is 0 Å². The van der Waals surface area contributed by atoms with Gasteiger partial charge in [-0.05, 0) is 6.92 Å². The monoisotopic (exact) mass is 266 g/mol. The van der Waals surface area contributed by atoms with E-state index in [0.29, 0.717) is 6.61 Å². The number of nitrogens with zero attached hydrogens (tertiary/aromatic N) is 3. The van der Waals surface area contributed by atoms with Crippen LogP contribution in [0.3, 0.4) is 0 Å². The molecule has 0 aromatic carbocycles. The summed E-state index contributed by atoms with van der Waals surface area (Å²) in [6.45, 7) is 3.62. The molecule has 2 rings (SSSR count). The van der Waals surface area contributed by atoms with Crippen molar-refractivity contribution in [2.45, 2.75) is 19.4 Å². The van der Waals surface area contributed by atoms with Crippen LogP contribution in [-0.4, -0.2) is 34.8 Å². The number of hydrogen-bond acceptors (Lipinski definition) is 5. The van der Waals surface area contributed by atoms with Crippen LogP contribution < -0.4 is 5.32 Å². The van der Waals surface area contributed by atoms with E-state index in [1.54, 1.807) is 24.6 Å². The maximum absolute atomic E-state index is 5.16. The highest BCUT2D eigenvalue weighted by Crippen LogP contribution is 2.14. The predicted molar refractivity (Wildman–Crippen MR) is 73.1 cm³/mol. The summed E-state index contributed by atoms with van der Waals surface area (Å²) in [6.07, 6.45) is 6.53. The lowest BCUT2D eigenvalue weighted by molar-refractivity contribution is 0.163. The van der Waals surface area contributed by atoms with Crippen molar-refractivity contribution in [2.75, 3.05) is 25.6 Å². The number of aromatic nitrogens is 3. The van der Waals surface area contributed by atoms with E-state index < -0.39 is 0 Å². The van der Waals surface area contributed by atoms with Gasteiger partial charge in [0.15, 0.2) is 0 Å². The lowest BCUT2D eigenvalue weighted by Gasteiger charge is -2.15. The number of rotatable bonds is 7. The first-order valence-electron chi connectivity index (χ1n) is 5.95. The molecule has 0 aliphatic rings. The molecule has 18 heavy (non-hydrogen) atoms. The van der Waals surface area contributed by atoms with E-state index in [1.807, 2.05) is 17.8 Å². The van der Waals surface area contributed by atoms with E-state index in [9.17, 15) is 0 Å². The van der Waals surface area contributed by atoms with Crippen LogP contribution in [0.1, 0.15) is 18.0 Å². The van der Waals surface area contributed by atoms with Crippen LogP contribution in [0.5, 0.6) is 0 Å². The highest BCUT2D eigenvalue weighted by molar-refractivity contribution is 7.09. The second-order valence-electron chi connectivity index (χ2n) is 4.07. The molecule has 0 fully saturated rings. The van der Waals surface area contributed by atoms with Crippen molar-refractivity contribution in [2.24, 2.45) is 0 Å². The van der Waals surface area contributed by atoms with Crippen LogP contribution in [0.4, 0.5) is 5.95 Å². The van der Waals surface area contributed by atoms with E-state index in [1.165, 1.54) is 0 Å². The Morgan fingerprint density at radius 3 is 3.06 bits per heavy atom. The summed E-state index contributed by atoms with van der Waals surface area (Å²) in [5, 5.41) is 6.47. The van der Waals surface area contributed by atoms with Gasteiger partial charge in [0.05, 0.1) is 17.7 Å². The fraction of sp³-hybridized carbons (Fsp3) is 0.500. The van der Waals surface area contributed by atoms with Gasteiger partial charge in [0, 0.05) is 44.0 Å². The van der Waals surface area contributed by atoms with Gasteiger partial charge in [0.25, 0.3) is 0 Å². The Labute approximate surface area is 111 Å². The molecule has 6 heteroatoms. The van der Waals surface area contributed by atoms with Crippen LogP contribution in [0.25, 0.3) is 0 Å². The van der Waals surface area contributed by atoms with Crippen molar-refractivity contribution in [3.05, 3.63) is 29.0 Å². The third-order valence-corrected chi connectivity index (χ3v) is 3.50. The molecule has 0 bridgehead atoms. The Bertz CT molecular complexity index is 454. The summed E-state index contributed by atoms with van der Waals surface area (Å²) in [5.41, 5.74) is 0. The molecule has 1 atom stereocenters. The Kier molecular flexibility index (Phi) is 4.72. The molecule has 0 amide bonds. The quantitative estimate of drug-likeness (QED) is 0.834. The Balaban J connectivity index is 1.87. The zero-order valence-electron chi connectivity index (χ0n) is 10.7. The van der Waals surface area contributed by atoms with Gasteiger partial charge >= 0.3 is 0 Å². The van der Waals surface area contributed by atoms with Crippen molar-refractivity contribution >= 4 is 17.3 Å². The Morgan fingerprint density at radius 2 is 2.33 bits per heavy atom. The van der Waals surface area contributed by atoms with Gasteiger partial charge in [-0.25, -0.2) is 9.97 Å². The fourth-order valence-corrected chi connectivity index (χ4v) is 2.41. The molecule has 2 aromatic rings. The lowest BCUT2D eigenvalue weighted by atomic mass is 10.3. The number of nitrogens with one attached hydrogen (secondary N) is 1. The number of anilines is 1. The molecule has 2 aromatic heterocycles. The maximum Gasteiger partial charge on any atom is 0.203 e. The zero-order valence-corrected chi connectivity index (χ0v) is 11.5. The first-order chi connectivity index (χ1) is 8.81. The van der Waals surface area contributed by atoms with Crippen LogP contribution in [-0.2, 0) is 11.2 Å². The van der Waals surface area contributed by atoms with E-state index in [4.69, 9.17) is 4.74 Å². The van der Waals surface area contributed by atoms with E-state index in [2.05, 4.69) is 26.8 Å². The smallest absolute Gasteiger partial charge is 0.203 e. The van der Waals surface area contributed by atoms with Crippen molar-refractivity contribution < 1.29 is 4.74 Å². The number of imidazole rings is 1. The minimum absolute atomic E-state index is 0.278. The average Bonchev–Trinajstić information content (AvgIpc) is 3.00. The van der Waals surface area contributed by atoms with Gasteiger partial charge in [-0.3, -0.25) is 0 Å². The molecule has 0 saturated heterocycles. The second-order valence-corrected chi connectivity index (χ2v) is 5.04. The summed E-state index contributed by atoms with van der Waals surface area (Å²) in [4.78, 5) is 8.57. The molecule has 0 aliphatic heterocycles. The molecule has 1 unspecified atom stereocenters. The molecule has 0 saturated carbocycles. The minimum atomic E-state index is 0.278. The Hall–Kier alpha value is -1.40. The standard InChI is InChI=1S/C12H18N4OS/c1-10(9-17-2)16-7-5-15-12(16)14-4-3-11-13-6-8-18-11/h5-8,10H,3-4,9H2,1-2H3,(H,14,15). The summed E-state index contributed by atoms with van der Waals surface area (Å²) in [7, 11) is 1.71. The third-order valence-electron chi connectivity index (χ3n) is 2.66. The summed E-state index contributed by atoms with van der Waals surface area (Å²) < 4.78 is 7.25. The maximum atomic E-state index is 5.16. The molecule has 0 radical (unpaired) electrons. The van der Waals surface area contributed by atoms with Gasteiger partial charge in [-0.1, -0.05) is 0 Å². The van der Waals surface area contributed by atoms with Crippen LogP contribution in [0, 0.1) is 0 Å². The largest absolute Gasteiger partial charge is 0.383 e. The van der Waals surface area contributed by atoms with Crippen LogP contribution >= 0.6 is 11.3 Å². The number of ether oxygens (including phenoxy) is 1. The van der Waals surface area contributed by atoms with Gasteiger partial charge in [-0.2, -0.15) is 0 Å². The van der Waals surface area contributed by atoms with Gasteiger partial charge in [-0.15, -0.1) is 11.3 Å². The van der Waals surface area contributed by atoms with Gasteiger partial charge in [0.1, 0.15) is 0 Å². The molecule has 0 spiro atoms. The van der Waals surface area contributed by atoms with Crippen molar-refractivity contribution in [1.82, 2.24) is 14.5 Å². The minimum Gasteiger partial charge on any atom is -0.383 e. The number of methoxy groups -OCH3 is 1. The van der Waals surface area contributed by atoms with E-state index >= 15 is 0 Å². The SMILES string of the molecule is COCC(C)n1ccnc1NCCc1nccs1. The zero-order chi connectivity index (χ0) is 12.8. The highest BCUT2D eigenvalue weighted by atomic mass is 32.1. The lowest BCUT2D eigenvalue weighted by Crippen LogP contribution is -2.15. The molecule has 1 N–H and O–H groups in total. The normalized spacial score (nSPS) is 12.6. The summed E-state index contributed by atoms with van der Waals surface area (Å²) >= 11 is 1.68. The van der Waals surface area contributed by atoms with E-state index in [0.717, 1.165) is 23.9 Å². The van der Waals surface area contributed by atoms with E-state index in [-0.39, 0.29) is 6.04 Å². The van der Waals surface area contributed by atoms with Gasteiger partial charge in [0.2, 0.25) is 5.95 Å². The predicted octanol–water partition coefficient (Wildman–Crippen LogP) is 2.20. The fourth-order valence-electron chi connectivity index (χ4n) is 1.78. The summed E-state index contributed by atoms with van der Waals surface area (Å²) in [6, 6.07) is 0.278. The summed E-state index contributed by atoms with van der Waals surface area (Å²) in [5.74, 6) is 0.885. The number of hydrogen-bond donors (Lipinski definition) is 1. The molecular formula is C12H18N4OS. The van der Waals surface area contributed by atoms with Crippen molar-refractivity contribution in [3.8, 4) is 0 Å². The number of thiazole rings is 1. The highest BCUT2D eigenvalue weighted by Gasteiger charge is 2.09. The van der Waals surface area contributed by atoms with Crippen LogP contribution in [0.2, 0.25) is 0 Å². The molecule has 5 nitrogen and oxygen atoms in total. The molecule has 98 valence electrons. The first-order valence-corrected chi connectivity index (χ1v) is 6.83. The molecule has 0 aliphatic carbocycles. The topological polar surface area (TPSA) is 52.0 Å². The van der Waals surface area contributed by atoms with Gasteiger partial charge < -0.3 is 14.6 Å². The second kappa shape index (κ2) is 6.51. The average molecular weight is 266 g/mol. The van der Waals surface area contributed by atoms with Crippen molar-refractivity contribution in [1.29, 1.82) is 0 Å². The molecule has 2 heterocycles.